The van der Waals surface area contributed by atoms with Crippen molar-refractivity contribution < 1.29 is 5.11 Å². The van der Waals surface area contributed by atoms with E-state index in [1.54, 1.807) is 11.3 Å². The number of fused-ring (bicyclic) bond motifs is 2. The van der Waals surface area contributed by atoms with Gasteiger partial charge in [-0.2, -0.15) is 0 Å². The van der Waals surface area contributed by atoms with Crippen molar-refractivity contribution in [1.82, 2.24) is 4.90 Å². The first kappa shape index (κ1) is 11.0. The SMILES string of the molecule is OC1(c2cccc3ccsc23)CCN2CCCC21. The summed E-state index contributed by atoms with van der Waals surface area (Å²) in [5.41, 5.74) is 0.533. The second-order valence-corrected chi connectivity index (χ2v) is 6.43. The van der Waals surface area contributed by atoms with E-state index in [0.29, 0.717) is 6.04 Å². The monoisotopic (exact) mass is 259 g/mol. The summed E-state index contributed by atoms with van der Waals surface area (Å²) in [7, 11) is 0. The predicted octanol–water partition coefficient (Wildman–Crippen LogP) is 2.96. The highest BCUT2D eigenvalue weighted by Crippen LogP contribution is 2.45. The molecule has 4 rings (SSSR count). The Balaban J connectivity index is 1.89. The summed E-state index contributed by atoms with van der Waals surface area (Å²) in [5, 5.41) is 14.6. The van der Waals surface area contributed by atoms with Crippen LogP contribution < -0.4 is 0 Å². The smallest absolute Gasteiger partial charge is 0.108 e. The van der Waals surface area contributed by atoms with Gasteiger partial charge in [-0.25, -0.2) is 0 Å². The molecule has 1 N–H and O–H groups in total. The van der Waals surface area contributed by atoms with E-state index >= 15 is 0 Å². The molecule has 0 saturated carbocycles. The Morgan fingerprint density at radius 2 is 2.22 bits per heavy atom. The van der Waals surface area contributed by atoms with Crippen LogP contribution in [0.4, 0.5) is 0 Å². The first-order valence-corrected chi connectivity index (χ1v) is 7.60. The molecule has 2 aromatic rings. The van der Waals surface area contributed by atoms with Crippen molar-refractivity contribution >= 4 is 21.4 Å². The fourth-order valence-electron chi connectivity index (χ4n) is 3.76. The zero-order valence-corrected chi connectivity index (χ0v) is 11.1. The number of hydrogen-bond donors (Lipinski definition) is 1. The molecule has 2 fully saturated rings. The van der Waals surface area contributed by atoms with Gasteiger partial charge in [-0.05, 0) is 42.6 Å². The van der Waals surface area contributed by atoms with E-state index in [0.717, 1.165) is 31.5 Å². The molecule has 1 aromatic carbocycles. The lowest BCUT2D eigenvalue weighted by Gasteiger charge is -2.30. The molecule has 2 atom stereocenters. The fraction of sp³-hybridized carbons (Fsp3) is 0.467. The standard InChI is InChI=1S/C15H17NOS/c17-15(7-9-16-8-2-5-13(15)16)12-4-1-3-11-6-10-18-14(11)12/h1,3-4,6,10,13,17H,2,5,7-9H2. The molecule has 94 valence electrons. The Morgan fingerprint density at radius 1 is 1.28 bits per heavy atom. The third-order valence-corrected chi connectivity index (χ3v) is 5.60. The average Bonchev–Trinajstić information content (AvgIpc) is 3.06. The van der Waals surface area contributed by atoms with Gasteiger partial charge in [0.25, 0.3) is 0 Å². The zero-order chi connectivity index (χ0) is 12.2. The van der Waals surface area contributed by atoms with Gasteiger partial charge in [0.05, 0.1) is 0 Å². The number of nitrogens with zero attached hydrogens (tertiary/aromatic N) is 1. The minimum absolute atomic E-state index is 0.338. The van der Waals surface area contributed by atoms with Gasteiger partial charge < -0.3 is 5.11 Å². The molecule has 2 nitrogen and oxygen atoms in total. The summed E-state index contributed by atoms with van der Waals surface area (Å²) >= 11 is 1.75. The highest BCUT2D eigenvalue weighted by Gasteiger charge is 2.49. The maximum absolute atomic E-state index is 11.2. The van der Waals surface area contributed by atoms with Gasteiger partial charge in [-0.3, -0.25) is 4.90 Å². The lowest BCUT2D eigenvalue weighted by Crippen LogP contribution is -2.38. The van der Waals surface area contributed by atoms with Crippen LogP contribution in [0.1, 0.15) is 24.8 Å². The molecule has 0 aliphatic carbocycles. The van der Waals surface area contributed by atoms with Crippen LogP contribution >= 0.6 is 11.3 Å². The van der Waals surface area contributed by atoms with Crippen molar-refractivity contribution in [2.45, 2.75) is 30.9 Å². The highest BCUT2D eigenvalue weighted by atomic mass is 32.1. The molecular weight excluding hydrogens is 242 g/mol. The largest absolute Gasteiger partial charge is 0.383 e. The van der Waals surface area contributed by atoms with Gasteiger partial charge >= 0.3 is 0 Å². The van der Waals surface area contributed by atoms with E-state index in [1.807, 2.05) is 0 Å². The van der Waals surface area contributed by atoms with Crippen molar-refractivity contribution in [3.8, 4) is 0 Å². The molecule has 3 heteroatoms. The van der Waals surface area contributed by atoms with Gasteiger partial charge in [0, 0.05) is 22.8 Å². The molecule has 1 aromatic heterocycles. The minimum atomic E-state index is -0.624. The maximum Gasteiger partial charge on any atom is 0.108 e. The highest BCUT2D eigenvalue weighted by molar-refractivity contribution is 7.17. The summed E-state index contributed by atoms with van der Waals surface area (Å²) in [6, 6.07) is 8.83. The Labute approximate surface area is 111 Å². The second kappa shape index (κ2) is 3.80. The van der Waals surface area contributed by atoms with Crippen molar-refractivity contribution in [2.75, 3.05) is 13.1 Å². The molecule has 3 heterocycles. The fourth-order valence-corrected chi connectivity index (χ4v) is 4.76. The number of benzene rings is 1. The van der Waals surface area contributed by atoms with Gasteiger partial charge in [-0.15, -0.1) is 11.3 Å². The van der Waals surface area contributed by atoms with E-state index < -0.39 is 5.60 Å². The topological polar surface area (TPSA) is 23.5 Å². The molecule has 2 aliphatic heterocycles. The molecule has 2 saturated heterocycles. The maximum atomic E-state index is 11.2. The molecule has 0 bridgehead atoms. The van der Waals surface area contributed by atoms with Crippen LogP contribution in [0.3, 0.4) is 0 Å². The number of rotatable bonds is 1. The van der Waals surface area contributed by atoms with Gasteiger partial charge in [0.1, 0.15) is 5.60 Å². The van der Waals surface area contributed by atoms with Crippen molar-refractivity contribution in [2.24, 2.45) is 0 Å². The molecule has 2 aliphatic rings. The molecule has 2 unspecified atom stereocenters. The molecule has 0 spiro atoms. The summed E-state index contributed by atoms with van der Waals surface area (Å²) in [4.78, 5) is 2.46. The summed E-state index contributed by atoms with van der Waals surface area (Å²) in [5.74, 6) is 0. The second-order valence-electron chi connectivity index (χ2n) is 5.51. The lowest BCUT2D eigenvalue weighted by molar-refractivity contribution is 0.0109. The zero-order valence-electron chi connectivity index (χ0n) is 10.3. The Hall–Kier alpha value is -0.900. The Kier molecular flexibility index (Phi) is 2.31. The van der Waals surface area contributed by atoms with Crippen LogP contribution in [0.5, 0.6) is 0 Å². The summed E-state index contributed by atoms with van der Waals surface area (Å²) in [6.45, 7) is 2.20. The third-order valence-electron chi connectivity index (χ3n) is 4.64. The predicted molar refractivity (Wildman–Crippen MR) is 74.9 cm³/mol. The quantitative estimate of drug-likeness (QED) is 0.851. The van der Waals surface area contributed by atoms with Crippen LogP contribution in [0.2, 0.25) is 0 Å². The van der Waals surface area contributed by atoms with Crippen LogP contribution in [-0.4, -0.2) is 29.1 Å². The minimum Gasteiger partial charge on any atom is -0.383 e. The molecule has 0 radical (unpaired) electrons. The van der Waals surface area contributed by atoms with E-state index in [2.05, 4.69) is 34.5 Å². The Morgan fingerprint density at radius 3 is 3.17 bits per heavy atom. The summed E-state index contributed by atoms with van der Waals surface area (Å²) < 4.78 is 1.27. The Bertz CT molecular complexity index is 593. The average molecular weight is 259 g/mol. The van der Waals surface area contributed by atoms with Crippen LogP contribution in [-0.2, 0) is 5.60 Å². The number of aliphatic hydroxyl groups is 1. The third kappa shape index (κ3) is 1.35. The van der Waals surface area contributed by atoms with Crippen LogP contribution in [0.25, 0.3) is 10.1 Å². The number of hydrogen-bond acceptors (Lipinski definition) is 3. The molecular formula is C15H17NOS. The van der Waals surface area contributed by atoms with Crippen molar-refractivity contribution in [1.29, 1.82) is 0 Å². The normalized spacial score (nSPS) is 32.2. The van der Waals surface area contributed by atoms with Gasteiger partial charge in [0.2, 0.25) is 0 Å². The van der Waals surface area contributed by atoms with Gasteiger partial charge in [-0.1, -0.05) is 18.2 Å². The van der Waals surface area contributed by atoms with E-state index in [4.69, 9.17) is 0 Å². The van der Waals surface area contributed by atoms with Crippen LogP contribution in [0, 0.1) is 0 Å². The van der Waals surface area contributed by atoms with E-state index in [-0.39, 0.29) is 0 Å². The molecule has 0 amide bonds. The van der Waals surface area contributed by atoms with E-state index in [1.165, 1.54) is 16.5 Å². The van der Waals surface area contributed by atoms with Crippen molar-refractivity contribution in [3.63, 3.8) is 0 Å². The molecule has 18 heavy (non-hydrogen) atoms. The summed E-state index contributed by atoms with van der Waals surface area (Å²) in [6.07, 6.45) is 3.25. The first-order chi connectivity index (χ1) is 8.79. The first-order valence-electron chi connectivity index (χ1n) is 6.72. The van der Waals surface area contributed by atoms with Crippen molar-refractivity contribution in [3.05, 3.63) is 35.2 Å². The van der Waals surface area contributed by atoms with Crippen LogP contribution in [0.15, 0.2) is 29.6 Å². The van der Waals surface area contributed by atoms with E-state index in [9.17, 15) is 5.11 Å². The van der Waals surface area contributed by atoms with Gasteiger partial charge in [0.15, 0.2) is 0 Å². The lowest BCUT2D eigenvalue weighted by atomic mass is 9.85. The number of thiophene rings is 1.